The maximum Gasteiger partial charge on any atom is 0.343 e. The summed E-state index contributed by atoms with van der Waals surface area (Å²) >= 11 is 0. The Morgan fingerprint density at radius 2 is 1.20 bits per heavy atom. The molecule has 0 amide bonds. The molecule has 0 N–H and O–H groups in total. The van der Waals surface area contributed by atoms with E-state index in [0.717, 1.165) is 30.0 Å². The van der Waals surface area contributed by atoms with E-state index < -0.39 is 11.9 Å². The fourth-order valence-electron chi connectivity index (χ4n) is 5.28. The Balaban J connectivity index is 1.22. The molecule has 1 aliphatic rings. The standard InChI is InChI=1S/C38H29NO7/c40-37(25-9-3-1-4-10-25)45-29-18-20-31-32-21-19-30(46-38(41)26-11-5-2-6-12-26)24-34(32)39-36(33(31)23-29)44-28-16-14-27(15-17-28)43-35-13-7-8-22-42-35/h1-6,9-12,14-21,23-24,35H,7-8,13,22H2. The smallest absolute Gasteiger partial charge is 0.343 e. The molecule has 1 atom stereocenters. The van der Waals surface area contributed by atoms with Crippen molar-refractivity contribution in [2.75, 3.05) is 6.61 Å². The molecule has 8 heteroatoms. The van der Waals surface area contributed by atoms with Crippen molar-refractivity contribution in [3.8, 4) is 28.9 Å². The number of fused-ring (bicyclic) bond motifs is 3. The first-order valence-electron chi connectivity index (χ1n) is 15.1. The predicted molar refractivity (Wildman–Crippen MR) is 173 cm³/mol. The van der Waals surface area contributed by atoms with E-state index in [4.69, 9.17) is 28.7 Å². The number of hydrogen-bond donors (Lipinski definition) is 0. The number of benzene rings is 5. The van der Waals surface area contributed by atoms with Crippen LogP contribution in [0.1, 0.15) is 40.0 Å². The third-order valence-electron chi connectivity index (χ3n) is 7.59. The summed E-state index contributed by atoms with van der Waals surface area (Å²) in [5.41, 5.74) is 1.44. The van der Waals surface area contributed by atoms with E-state index in [9.17, 15) is 9.59 Å². The van der Waals surface area contributed by atoms with E-state index in [0.29, 0.717) is 51.6 Å². The summed E-state index contributed by atoms with van der Waals surface area (Å²) in [7, 11) is 0. The molecule has 0 radical (unpaired) electrons. The molecule has 1 saturated heterocycles. The first-order chi connectivity index (χ1) is 22.6. The lowest BCUT2D eigenvalue weighted by molar-refractivity contribution is -0.105. The highest BCUT2D eigenvalue weighted by Crippen LogP contribution is 2.37. The van der Waals surface area contributed by atoms with Gasteiger partial charge in [0.25, 0.3) is 0 Å². The Bertz CT molecular complexity index is 2010. The zero-order valence-electron chi connectivity index (χ0n) is 24.8. The van der Waals surface area contributed by atoms with Crippen molar-refractivity contribution in [2.45, 2.75) is 25.6 Å². The number of carbonyl (C=O) groups is 2. The van der Waals surface area contributed by atoms with Crippen LogP contribution in [0, 0.1) is 0 Å². The van der Waals surface area contributed by atoms with Gasteiger partial charge in [-0.25, -0.2) is 14.6 Å². The summed E-state index contributed by atoms with van der Waals surface area (Å²) in [6.45, 7) is 0.697. The molecule has 0 spiro atoms. The summed E-state index contributed by atoms with van der Waals surface area (Å²) in [4.78, 5) is 30.4. The Morgan fingerprint density at radius 3 is 1.83 bits per heavy atom. The molecule has 0 bridgehead atoms. The third-order valence-corrected chi connectivity index (χ3v) is 7.59. The molecular formula is C38H29NO7. The fourth-order valence-corrected chi connectivity index (χ4v) is 5.28. The molecule has 6 aromatic rings. The predicted octanol–water partition coefficient (Wildman–Crippen LogP) is 8.52. The zero-order chi connectivity index (χ0) is 31.3. The van der Waals surface area contributed by atoms with Crippen molar-refractivity contribution in [2.24, 2.45) is 0 Å². The second-order valence-electron chi connectivity index (χ2n) is 10.8. The molecule has 0 aliphatic carbocycles. The van der Waals surface area contributed by atoms with Gasteiger partial charge in [0.2, 0.25) is 5.88 Å². The highest BCUT2D eigenvalue weighted by molar-refractivity contribution is 6.09. The largest absolute Gasteiger partial charge is 0.465 e. The van der Waals surface area contributed by atoms with Gasteiger partial charge in [-0.2, -0.15) is 0 Å². The lowest BCUT2D eigenvalue weighted by Gasteiger charge is -2.23. The fraction of sp³-hybridized carbons (Fsp3) is 0.132. The monoisotopic (exact) mass is 611 g/mol. The summed E-state index contributed by atoms with van der Waals surface area (Å²) in [6, 6.07) is 35.4. The Kier molecular flexibility index (Phi) is 8.26. The minimum atomic E-state index is -0.474. The number of hydrogen-bond acceptors (Lipinski definition) is 8. The van der Waals surface area contributed by atoms with Crippen LogP contribution in [0.4, 0.5) is 0 Å². The van der Waals surface area contributed by atoms with E-state index in [2.05, 4.69) is 0 Å². The molecule has 7 rings (SSSR count). The molecule has 0 saturated carbocycles. The van der Waals surface area contributed by atoms with E-state index in [1.807, 2.05) is 36.4 Å². The third kappa shape index (κ3) is 6.52. The minimum absolute atomic E-state index is 0.256. The van der Waals surface area contributed by atoms with Gasteiger partial charge in [-0.3, -0.25) is 0 Å². The summed E-state index contributed by atoms with van der Waals surface area (Å²) in [5, 5.41) is 2.25. The lowest BCUT2D eigenvalue weighted by Crippen LogP contribution is -2.24. The van der Waals surface area contributed by atoms with E-state index in [1.165, 1.54) is 0 Å². The number of pyridine rings is 1. The molecule has 1 aromatic heterocycles. The number of carbonyl (C=O) groups excluding carboxylic acids is 2. The Labute approximate surface area is 265 Å². The number of rotatable bonds is 8. The Morgan fingerprint density at radius 1 is 0.609 bits per heavy atom. The molecule has 46 heavy (non-hydrogen) atoms. The van der Waals surface area contributed by atoms with Gasteiger partial charge in [-0.1, -0.05) is 36.4 Å². The Hall–Kier alpha value is -5.73. The molecule has 1 fully saturated rings. The lowest BCUT2D eigenvalue weighted by atomic mass is 10.1. The maximum absolute atomic E-state index is 12.8. The number of nitrogens with zero attached hydrogens (tertiary/aromatic N) is 1. The topological polar surface area (TPSA) is 93.2 Å². The molecule has 228 valence electrons. The van der Waals surface area contributed by atoms with Crippen molar-refractivity contribution in [3.63, 3.8) is 0 Å². The first-order valence-corrected chi connectivity index (χ1v) is 15.1. The van der Waals surface area contributed by atoms with Gasteiger partial charge < -0.3 is 23.7 Å². The van der Waals surface area contributed by atoms with Gasteiger partial charge in [0.05, 0.1) is 23.3 Å². The minimum Gasteiger partial charge on any atom is -0.465 e. The van der Waals surface area contributed by atoms with Crippen LogP contribution in [-0.2, 0) is 4.74 Å². The van der Waals surface area contributed by atoms with Crippen molar-refractivity contribution >= 4 is 33.6 Å². The van der Waals surface area contributed by atoms with Crippen molar-refractivity contribution in [1.82, 2.24) is 4.98 Å². The number of ether oxygens (including phenoxy) is 5. The second kappa shape index (κ2) is 13.1. The zero-order valence-corrected chi connectivity index (χ0v) is 24.8. The molecular weight excluding hydrogens is 582 g/mol. The SMILES string of the molecule is O=C(Oc1ccc2c(c1)nc(Oc1ccc(OC3CCCCO3)cc1)c1cc(OC(=O)c3ccccc3)ccc12)c1ccccc1. The van der Waals surface area contributed by atoms with E-state index in [-0.39, 0.29) is 12.2 Å². The summed E-state index contributed by atoms with van der Waals surface area (Å²) in [6.07, 6.45) is 2.71. The van der Waals surface area contributed by atoms with Gasteiger partial charge in [-0.05, 0) is 97.1 Å². The van der Waals surface area contributed by atoms with Gasteiger partial charge in [0.15, 0.2) is 6.29 Å². The van der Waals surface area contributed by atoms with Crippen LogP contribution < -0.4 is 18.9 Å². The van der Waals surface area contributed by atoms with Crippen LogP contribution in [0.25, 0.3) is 21.7 Å². The summed E-state index contributed by atoms with van der Waals surface area (Å²) < 4.78 is 29.4. The molecule has 2 heterocycles. The quantitative estimate of drug-likeness (QED) is 0.0961. The highest BCUT2D eigenvalue weighted by atomic mass is 16.7. The van der Waals surface area contributed by atoms with E-state index in [1.54, 1.807) is 84.9 Å². The average Bonchev–Trinajstić information content (AvgIpc) is 3.10. The normalized spacial score (nSPS) is 14.5. The molecule has 1 unspecified atom stereocenters. The highest BCUT2D eigenvalue weighted by Gasteiger charge is 2.18. The van der Waals surface area contributed by atoms with Crippen LogP contribution in [0.3, 0.4) is 0 Å². The average molecular weight is 612 g/mol. The number of aromatic nitrogens is 1. The van der Waals surface area contributed by atoms with Crippen LogP contribution in [0.2, 0.25) is 0 Å². The van der Waals surface area contributed by atoms with Gasteiger partial charge in [0, 0.05) is 23.3 Å². The van der Waals surface area contributed by atoms with Crippen LogP contribution in [-0.4, -0.2) is 29.8 Å². The number of esters is 2. The second-order valence-corrected chi connectivity index (χ2v) is 10.8. The first kappa shape index (κ1) is 29.0. The van der Waals surface area contributed by atoms with Crippen molar-refractivity contribution in [1.29, 1.82) is 0 Å². The van der Waals surface area contributed by atoms with Crippen LogP contribution in [0.5, 0.6) is 28.9 Å². The molecule has 5 aromatic carbocycles. The van der Waals surface area contributed by atoms with Crippen molar-refractivity contribution < 1.29 is 33.3 Å². The van der Waals surface area contributed by atoms with Gasteiger partial charge in [-0.15, -0.1) is 0 Å². The maximum atomic E-state index is 12.8. The van der Waals surface area contributed by atoms with Crippen LogP contribution >= 0.6 is 0 Å². The molecule has 8 nitrogen and oxygen atoms in total. The van der Waals surface area contributed by atoms with Gasteiger partial charge in [0.1, 0.15) is 23.0 Å². The van der Waals surface area contributed by atoms with E-state index >= 15 is 0 Å². The summed E-state index contributed by atoms with van der Waals surface area (Å²) in [5.74, 6) is 1.24. The van der Waals surface area contributed by atoms with Crippen molar-refractivity contribution in [3.05, 3.63) is 132 Å². The van der Waals surface area contributed by atoms with Gasteiger partial charge >= 0.3 is 11.9 Å². The molecule has 1 aliphatic heterocycles. The van der Waals surface area contributed by atoms with Crippen LogP contribution in [0.15, 0.2) is 121 Å².